The van der Waals surface area contributed by atoms with E-state index in [-0.39, 0.29) is 0 Å². The number of hydrogen-bond acceptors (Lipinski definition) is 5. The van der Waals surface area contributed by atoms with Crippen molar-refractivity contribution in [1.29, 1.82) is 0 Å². The Morgan fingerprint density at radius 2 is 1.71 bits per heavy atom. The second-order valence-corrected chi connectivity index (χ2v) is 7.64. The highest BCUT2D eigenvalue weighted by molar-refractivity contribution is 5.76. The van der Waals surface area contributed by atoms with Crippen LogP contribution in [-0.2, 0) is 11.3 Å². The molecule has 0 spiro atoms. The monoisotopic (exact) mass is 424 g/mol. The molecule has 31 heavy (non-hydrogen) atoms. The third-order valence-electron chi connectivity index (χ3n) is 5.01. The van der Waals surface area contributed by atoms with Crippen LogP contribution in [0.5, 0.6) is 11.5 Å². The Kier molecular flexibility index (Phi) is 11.2. The minimum atomic E-state index is 0.598. The molecule has 0 N–H and O–H groups in total. The standard InChI is InChI=1S/C26H36N2O3/c1-5-6-15-30-25-17-21(2)26(22(3)18-25)31-16-11-9-7-8-10-12-23-13-14-24(27-19-23)20-28-29-4/h5-6,13-14,17-20H,7-12,15-16H2,1-4H3/b6-5+,28-20?. The molecule has 0 fully saturated rings. The Bertz CT molecular complexity index is 806. The van der Waals surface area contributed by atoms with Crippen LogP contribution in [0.25, 0.3) is 0 Å². The zero-order chi connectivity index (χ0) is 22.3. The first-order valence-electron chi connectivity index (χ1n) is 11.1. The molecule has 0 bridgehead atoms. The average Bonchev–Trinajstić information content (AvgIpc) is 2.76. The molecule has 0 aliphatic carbocycles. The van der Waals surface area contributed by atoms with E-state index in [1.165, 1.54) is 38.4 Å². The molecule has 0 amide bonds. The molecule has 1 aromatic heterocycles. The minimum absolute atomic E-state index is 0.598. The van der Waals surface area contributed by atoms with Crippen molar-refractivity contribution in [2.24, 2.45) is 5.16 Å². The zero-order valence-electron chi connectivity index (χ0n) is 19.4. The van der Waals surface area contributed by atoms with E-state index >= 15 is 0 Å². The number of aromatic nitrogens is 1. The average molecular weight is 425 g/mol. The number of hydrogen-bond donors (Lipinski definition) is 0. The number of ether oxygens (including phenoxy) is 2. The number of oxime groups is 1. The van der Waals surface area contributed by atoms with Gasteiger partial charge in [-0.15, -0.1) is 0 Å². The third-order valence-corrected chi connectivity index (χ3v) is 5.01. The highest BCUT2D eigenvalue weighted by Crippen LogP contribution is 2.28. The molecule has 1 heterocycles. The molecular formula is C26H36N2O3. The Balaban J connectivity index is 1.60. The lowest BCUT2D eigenvalue weighted by Gasteiger charge is -2.14. The fourth-order valence-corrected chi connectivity index (χ4v) is 3.36. The largest absolute Gasteiger partial charge is 0.493 e. The Morgan fingerprint density at radius 3 is 2.39 bits per heavy atom. The number of pyridine rings is 1. The maximum Gasteiger partial charge on any atom is 0.125 e. The summed E-state index contributed by atoms with van der Waals surface area (Å²) in [6.07, 6.45) is 14.5. The topological polar surface area (TPSA) is 52.9 Å². The summed E-state index contributed by atoms with van der Waals surface area (Å²) in [5.74, 6) is 1.89. The van der Waals surface area contributed by atoms with E-state index in [0.717, 1.165) is 47.8 Å². The normalized spacial score (nSPS) is 11.4. The molecule has 0 radical (unpaired) electrons. The summed E-state index contributed by atoms with van der Waals surface area (Å²) in [6.45, 7) is 7.51. The van der Waals surface area contributed by atoms with E-state index < -0.39 is 0 Å². The molecule has 2 aromatic rings. The van der Waals surface area contributed by atoms with Crippen LogP contribution < -0.4 is 9.47 Å². The van der Waals surface area contributed by atoms with Crippen LogP contribution in [0.4, 0.5) is 0 Å². The van der Waals surface area contributed by atoms with E-state index in [0.29, 0.717) is 6.61 Å². The molecule has 5 heteroatoms. The van der Waals surface area contributed by atoms with Gasteiger partial charge in [-0.3, -0.25) is 4.98 Å². The maximum absolute atomic E-state index is 6.07. The van der Waals surface area contributed by atoms with Gasteiger partial charge in [0.1, 0.15) is 25.2 Å². The van der Waals surface area contributed by atoms with Gasteiger partial charge in [-0.25, -0.2) is 0 Å². The Morgan fingerprint density at radius 1 is 0.968 bits per heavy atom. The third kappa shape index (κ3) is 9.24. The summed E-state index contributed by atoms with van der Waals surface area (Å²) < 4.78 is 11.8. The van der Waals surface area contributed by atoms with Crippen LogP contribution in [0.3, 0.4) is 0 Å². The van der Waals surface area contributed by atoms with E-state index in [1.54, 1.807) is 6.21 Å². The predicted octanol–water partition coefficient (Wildman–Crippen LogP) is 6.21. The molecule has 2 rings (SSSR count). The van der Waals surface area contributed by atoms with Gasteiger partial charge in [0.15, 0.2) is 0 Å². The van der Waals surface area contributed by atoms with Crippen LogP contribution in [-0.4, -0.2) is 31.5 Å². The molecule has 0 saturated carbocycles. The van der Waals surface area contributed by atoms with Gasteiger partial charge in [-0.1, -0.05) is 42.6 Å². The molecule has 5 nitrogen and oxygen atoms in total. The second-order valence-electron chi connectivity index (χ2n) is 7.64. The number of unbranched alkanes of at least 4 members (excludes halogenated alkanes) is 4. The summed E-state index contributed by atoms with van der Waals surface area (Å²) >= 11 is 0. The molecule has 168 valence electrons. The SMILES string of the molecule is C/C=C/COc1cc(C)c(OCCCCCCCc2ccc(C=NOC)nc2)c(C)c1. The van der Waals surface area contributed by atoms with E-state index in [1.807, 2.05) is 31.3 Å². The van der Waals surface area contributed by atoms with Crippen LogP contribution in [0, 0.1) is 13.8 Å². The number of nitrogens with zero attached hydrogens (tertiary/aromatic N) is 2. The van der Waals surface area contributed by atoms with Crippen molar-refractivity contribution >= 4 is 6.21 Å². The molecule has 0 atom stereocenters. The molecular weight excluding hydrogens is 388 g/mol. The van der Waals surface area contributed by atoms with E-state index in [9.17, 15) is 0 Å². The summed E-state index contributed by atoms with van der Waals surface area (Å²) in [5.41, 5.74) is 4.33. The van der Waals surface area contributed by atoms with Crippen molar-refractivity contribution in [1.82, 2.24) is 4.98 Å². The van der Waals surface area contributed by atoms with Crippen molar-refractivity contribution < 1.29 is 14.3 Å². The lowest BCUT2D eigenvalue weighted by atomic mass is 10.1. The first-order valence-corrected chi connectivity index (χ1v) is 11.1. The van der Waals surface area contributed by atoms with Crippen molar-refractivity contribution in [2.75, 3.05) is 20.3 Å². The van der Waals surface area contributed by atoms with Crippen LogP contribution in [0.15, 0.2) is 47.8 Å². The Hall–Kier alpha value is -2.82. The van der Waals surface area contributed by atoms with Gasteiger partial charge in [-0.2, -0.15) is 0 Å². The number of rotatable bonds is 14. The fraction of sp³-hybridized carbons (Fsp3) is 0.462. The van der Waals surface area contributed by atoms with Gasteiger partial charge in [0.05, 0.1) is 18.5 Å². The number of allylic oxidation sites excluding steroid dienone is 1. The van der Waals surface area contributed by atoms with Crippen molar-refractivity contribution in [3.05, 3.63) is 65.0 Å². The van der Waals surface area contributed by atoms with Crippen molar-refractivity contribution in [3.63, 3.8) is 0 Å². The van der Waals surface area contributed by atoms with Crippen LogP contribution >= 0.6 is 0 Å². The quantitative estimate of drug-likeness (QED) is 0.157. The lowest BCUT2D eigenvalue weighted by Crippen LogP contribution is -2.02. The summed E-state index contributed by atoms with van der Waals surface area (Å²) in [7, 11) is 1.53. The van der Waals surface area contributed by atoms with E-state index in [2.05, 4.69) is 47.0 Å². The Labute approximate surface area is 187 Å². The summed E-state index contributed by atoms with van der Waals surface area (Å²) in [4.78, 5) is 9.03. The summed E-state index contributed by atoms with van der Waals surface area (Å²) in [5, 5.41) is 3.72. The van der Waals surface area contributed by atoms with Crippen molar-refractivity contribution in [2.45, 2.75) is 59.3 Å². The van der Waals surface area contributed by atoms with Gasteiger partial charge < -0.3 is 14.3 Å². The number of aryl methyl sites for hydroxylation is 3. The zero-order valence-corrected chi connectivity index (χ0v) is 19.4. The predicted molar refractivity (Wildman–Crippen MR) is 127 cm³/mol. The smallest absolute Gasteiger partial charge is 0.125 e. The van der Waals surface area contributed by atoms with Gasteiger partial charge in [0.2, 0.25) is 0 Å². The molecule has 0 aliphatic heterocycles. The molecule has 1 aromatic carbocycles. The lowest BCUT2D eigenvalue weighted by molar-refractivity contribution is 0.215. The van der Waals surface area contributed by atoms with Gasteiger partial charge in [0, 0.05) is 6.20 Å². The van der Waals surface area contributed by atoms with E-state index in [4.69, 9.17) is 9.47 Å². The van der Waals surface area contributed by atoms with Crippen LogP contribution in [0.2, 0.25) is 0 Å². The first-order chi connectivity index (χ1) is 15.1. The maximum atomic E-state index is 6.07. The summed E-state index contributed by atoms with van der Waals surface area (Å²) in [6, 6.07) is 8.19. The number of benzene rings is 1. The highest BCUT2D eigenvalue weighted by atomic mass is 16.6. The highest BCUT2D eigenvalue weighted by Gasteiger charge is 2.07. The molecule has 0 aliphatic rings. The second kappa shape index (κ2) is 14.2. The van der Waals surface area contributed by atoms with Crippen LogP contribution in [0.1, 0.15) is 61.4 Å². The fourth-order valence-electron chi connectivity index (χ4n) is 3.36. The van der Waals surface area contributed by atoms with Crippen molar-refractivity contribution in [3.8, 4) is 11.5 Å². The molecule has 0 unspecified atom stereocenters. The van der Waals surface area contributed by atoms with Gasteiger partial charge in [-0.05, 0) is 74.9 Å². The van der Waals surface area contributed by atoms with Gasteiger partial charge >= 0.3 is 0 Å². The van der Waals surface area contributed by atoms with Gasteiger partial charge in [0.25, 0.3) is 0 Å². The first kappa shape index (κ1) is 24.4. The molecule has 0 saturated heterocycles. The minimum Gasteiger partial charge on any atom is -0.493 e.